The van der Waals surface area contributed by atoms with Gasteiger partial charge in [-0.1, -0.05) is 320 Å². The number of rotatable bonds is 64. The summed E-state index contributed by atoms with van der Waals surface area (Å²) in [7, 11) is 0. The van der Waals surface area contributed by atoms with Crippen LogP contribution in [0.2, 0.25) is 0 Å². The Morgan fingerprint density at radius 2 is 0.738 bits per heavy atom. The van der Waals surface area contributed by atoms with Crippen LogP contribution in [-0.2, 0) is 14.3 Å². The summed E-state index contributed by atoms with van der Waals surface area (Å²) in [5.74, 6) is -0.701. The summed E-state index contributed by atoms with van der Waals surface area (Å²) in [4.78, 5) is 13.2. The van der Waals surface area contributed by atoms with Crippen molar-refractivity contribution in [2.24, 2.45) is 0 Å². The number of nitrogens with one attached hydrogen (secondary N) is 1. The summed E-state index contributed by atoms with van der Waals surface area (Å²) < 4.78 is 11.2. The first-order valence-corrected chi connectivity index (χ1v) is 36.4. The van der Waals surface area contributed by atoms with Gasteiger partial charge in [-0.2, -0.15) is 0 Å². The average molecular weight is 1190 g/mol. The van der Waals surface area contributed by atoms with Gasteiger partial charge in [0.15, 0.2) is 6.29 Å². The fourth-order valence-corrected chi connectivity index (χ4v) is 11.8. The molecule has 0 saturated carbocycles. The predicted octanol–water partition coefficient (Wildman–Crippen LogP) is 17.8. The molecule has 1 aliphatic heterocycles. The van der Waals surface area contributed by atoms with Gasteiger partial charge < -0.3 is 50.5 Å². The average Bonchev–Trinajstić information content (AvgIpc) is 3.66. The minimum Gasteiger partial charge on any atom is -0.394 e. The molecule has 1 saturated heterocycles. The Labute approximate surface area is 517 Å². The molecule has 9 atom stereocenters. The Morgan fingerprint density at radius 1 is 0.417 bits per heavy atom. The van der Waals surface area contributed by atoms with Crippen LogP contribution in [0.1, 0.15) is 354 Å². The Hall–Kier alpha value is -1.67. The lowest BCUT2D eigenvalue weighted by atomic mass is 9.98. The van der Waals surface area contributed by atoms with Gasteiger partial charge in [-0.25, -0.2) is 0 Å². The largest absolute Gasteiger partial charge is 0.394 e. The second-order valence-corrected chi connectivity index (χ2v) is 25.7. The Bertz CT molecular complexity index is 1460. The lowest BCUT2D eigenvalue weighted by Gasteiger charge is -2.40. The maximum Gasteiger partial charge on any atom is 0.249 e. The summed E-state index contributed by atoms with van der Waals surface area (Å²) in [6, 6.07) is -1.19. The van der Waals surface area contributed by atoms with Gasteiger partial charge in [0.2, 0.25) is 5.91 Å². The van der Waals surface area contributed by atoms with Gasteiger partial charge in [-0.3, -0.25) is 4.79 Å². The van der Waals surface area contributed by atoms with Crippen LogP contribution in [0.25, 0.3) is 0 Å². The number of hydrogen-bond acceptors (Lipinski definition) is 10. The smallest absolute Gasteiger partial charge is 0.249 e. The summed E-state index contributed by atoms with van der Waals surface area (Å²) >= 11 is 0. The third kappa shape index (κ3) is 48.3. The van der Waals surface area contributed by atoms with E-state index in [9.17, 15) is 40.5 Å². The monoisotopic (exact) mass is 1190 g/mol. The lowest BCUT2D eigenvalue weighted by Crippen LogP contribution is -2.60. The number of aliphatic hydroxyl groups excluding tert-OH is 7. The molecule has 0 radical (unpaired) electrons. The van der Waals surface area contributed by atoms with Crippen molar-refractivity contribution in [2.45, 2.75) is 409 Å². The van der Waals surface area contributed by atoms with Crippen LogP contribution >= 0.6 is 0 Å². The van der Waals surface area contributed by atoms with Crippen molar-refractivity contribution in [3.63, 3.8) is 0 Å². The molecule has 0 spiro atoms. The number of ether oxygens (including phenoxy) is 2. The molecule has 0 aromatic carbocycles. The van der Waals surface area contributed by atoms with Crippen molar-refractivity contribution in [2.75, 3.05) is 13.2 Å². The van der Waals surface area contributed by atoms with Crippen molar-refractivity contribution in [1.29, 1.82) is 0 Å². The summed E-state index contributed by atoms with van der Waals surface area (Å²) in [5, 5.41) is 76.4. The molecule has 0 aliphatic carbocycles. The molecule has 9 unspecified atom stereocenters. The van der Waals surface area contributed by atoms with Crippen molar-refractivity contribution in [1.82, 2.24) is 5.32 Å². The summed E-state index contributed by atoms with van der Waals surface area (Å²) in [6.07, 6.45) is 68.2. The quantitative estimate of drug-likeness (QED) is 0.0215. The zero-order valence-corrected chi connectivity index (χ0v) is 54.9. The highest BCUT2D eigenvalue weighted by atomic mass is 16.7. The molecule has 11 heteroatoms. The van der Waals surface area contributed by atoms with Crippen molar-refractivity contribution < 1.29 is 50.0 Å². The Balaban J connectivity index is 2.14. The van der Waals surface area contributed by atoms with E-state index in [-0.39, 0.29) is 12.8 Å². The van der Waals surface area contributed by atoms with Gasteiger partial charge in [-0.05, 0) is 70.6 Å². The number of carbonyl (C=O) groups is 1. The topological polar surface area (TPSA) is 189 Å². The fraction of sp³-hybridized carbons (Fsp3) is 0.904. The van der Waals surface area contributed by atoms with E-state index in [1.807, 2.05) is 0 Å². The third-order valence-corrected chi connectivity index (χ3v) is 17.7. The van der Waals surface area contributed by atoms with Crippen LogP contribution in [-0.4, -0.2) is 110 Å². The Kier molecular flexibility index (Phi) is 58.9. The highest BCUT2D eigenvalue weighted by Gasteiger charge is 2.44. The van der Waals surface area contributed by atoms with Crippen LogP contribution in [0.4, 0.5) is 0 Å². The molecule has 0 bridgehead atoms. The zero-order valence-electron chi connectivity index (χ0n) is 54.9. The maximum atomic E-state index is 13.2. The fourth-order valence-electron chi connectivity index (χ4n) is 11.8. The highest BCUT2D eigenvalue weighted by Crippen LogP contribution is 2.24. The first-order valence-electron chi connectivity index (χ1n) is 36.4. The van der Waals surface area contributed by atoms with Gasteiger partial charge in [-0.15, -0.1) is 0 Å². The molecule has 496 valence electrons. The van der Waals surface area contributed by atoms with Crippen LogP contribution in [0.15, 0.2) is 36.5 Å². The predicted molar refractivity (Wildman–Crippen MR) is 353 cm³/mol. The van der Waals surface area contributed by atoms with Crippen molar-refractivity contribution in [3.8, 4) is 0 Å². The van der Waals surface area contributed by atoms with Gasteiger partial charge >= 0.3 is 0 Å². The molecule has 0 aromatic rings. The van der Waals surface area contributed by atoms with E-state index in [4.69, 9.17) is 9.47 Å². The van der Waals surface area contributed by atoms with Gasteiger partial charge in [0.05, 0.1) is 25.4 Å². The molecule has 11 nitrogen and oxygen atoms in total. The van der Waals surface area contributed by atoms with E-state index in [0.29, 0.717) is 12.8 Å². The molecule has 1 heterocycles. The van der Waals surface area contributed by atoms with Crippen molar-refractivity contribution >= 4 is 5.91 Å². The minimum atomic E-state index is -1.67. The van der Waals surface area contributed by atoms with Crippen molar-refractivity contribution in [3.05, 3.63) is 36.5 Å². The Morgan fingerprint density at radius 3 is 1.10 bits per heavy atom. The molecule has 1 aliphatic rings. The van der Waals surface area contributed by atoms with Crippen LogP contribution in [0.5, 0.6) is 0 Å². The number of amides is 1. The summed E-state index contributed by atoms with van der Waals surface area (Å²) in [6.45, 7) is 3.49. The number of allylic oxidation sites excluding steroid dienone is 6. The van der Waals surface area contributed by atoms with Crippen LogP contribution in [0.3, 0.4) is 0 Å². The second kappa shape index (κ2) is 61.6. The van der Waals surface area contributed by atoms with Gasteiger partial charge in [0.1, 0.15) is 36.6 Å². The van der Waals surface area contributed by atoms with E-state index < -0.39 is 74.2 Å². The number of aliphatic hydroxyl groups is 7. The number of unbranched alkanes of at least 4 members (excludes halogenated alkanes) is 46. The first-order chi connectivity index (χ1) is 41.2. The van der Waals surface area contributed by atoms with E-state index >= 15 is 0 Å². The maximum absolute atomic E-state index is 13.2. The molecule has 8 N–H and O–H groups in total. The van der Waals surface area contributed by atoms with E-state index in [2.05, 4.69) is 55.6 Å². The zero-order chi connectivity index (χ0) is 61.0. The standard InChI is InChI=1S/C73H139NO10/c1-3-5-7-9-11-13-15-17-19-21-23-24-25-26-27-28-29-30-31-32-33-34-35-36-37-38-39-40-41-43-45-47-49-51-53-55-57-59-61-66(77)72(82)74-64(63-83-73-71(81)70(80)69(79)67(62-75)84-73)68(78)65(76)60-58-56-54-52-50-48-46-44-42-22-20-18-16-14-12-10-8-6-4-2/h29-30,32-33,52,54,64-71,73,75-81H,3-28,31,34-51,53,55-63H2,1-2H3,(H,74,82)/b30-29-,33-32-,54-52+. The van der Waals surface area contributed by atoms with Gasteiger partial charge in [0.25, 0.3) is 0 Å². The second-order valence-electron chi connectivity index (χ2n) is 25.7. The normalized spacial score (nSPS) is 19.1. The minimum absolute atomic E-state index is 0.255. The van der Waals surface area contributed by atoms with Gasteiger partial charge in [0, 0.05) is 0 Å². The molecule has 84 heavy (non-hydrogen) atoms. The highest BCUT2D eigenvalue weighted by molar-refractivity contribution is 5.80. The van der Waals surface area contributed by atoms with E-state index in [0.717, 1.165) is 44.9 Å². The SMILES string of the molecule is CCCCCCCCCCCCCCCC/C=C/CCCC(O)C(O)C(COC1OC(CO)C(O)C(O)C1O)NC(=O)C(O)CCCCCCCCCCCCCCCCCC/C=C\C/C=C\CCCCCCCCCCCCCCCCC. The van der Waals surface area contributed by atoms with E-state index in [1.54, 1.807) is 0 Å². The molecule has 0 aromatic heterocycles. The summed E-state index contributed by atoms with van der Waals surface area (Å²) in [5.41, 5.74) is 0. The van der Waals surface area contributed by atoms with Crippen LogP contribution < -0.4 is 5.32 Å². The molecule has 1 amide bonds. The van der Waals surface area contributed by atoms with Crippen LogP contribution in [0, 0.1) is 0 Å². The molecular formula is C73H139NO10. The number of hydrogen-bond donors (Lipinski definition) is 8. The molecule has 1 rings (SSSR count). The third-order valence-electron chi connectivity index (χ3n) is 17.7. The molecular weight excluding hydrogens is 1050 g/mol. The van der Waals surface area contributed by atoms with E-state index in [1.165, 1.54) is 270 Å². The lowest BCUT2D eigenvalue weighted by molar-refractivity contribution is -0.303. The number of carbonyl (C=O) groups excluding carboxylic acids is 1. The first kappa shape index (κ1) is 80.3. The molecule has 1 fully saturated rings.